The lowest BCUT2D eigenvalue weighted by molar-refractivity contribution is -0.384. The van der Waals surface area contributed by atoms with Crippen LogP contribution < -0.4 is 0 Å². The third kappa shape index (κ3) is 3.72. The first kappa shape index (κ1) is 14.7. The van der Waals surface area contributed by atoms with Gasteiger partial charge in [0.1, 0.15) is 5.76 Å². The number of hydrogen-bond acceptors (Lipinski definition) is 5. The van der Waals surface area contributed by atoms with Crippen LogP contribution in [0.2, 0.25) is 0 Å². The summed E-state index contributed by atoms with van der Waals surface area (Å²) in [6.45, 7) is 5.71. The molecule has 2 aromatic rings. The summed E-state index contributed by atoms with van der Waals surface area (Å²) in [6, 6.07) is 10.7. The average molecular weight is 301 g/mol. The first-order valence-electron chi connectivity index (χ1n) is 7.41. The second-order valence-corrected chi connectivity index (χ2v) is 5.56. The van der Waals surface area contributed by atoms with E-state index in [-0.39, 0.29) is 10.6 Å². The van der Waals surface area contributed by atoms with Crippen molar-refractivity contribution in [2.75, 3.05) is 26.2 Å². The Labute approximate surface area is 129 Å². The van der Waals surface area contributed by atoms with Gasteiger partial charge in [-0.15, -0.1) is 0 Å². The van der Waals surface area contributed by atoms with E-state index in [0.717, 1.165) is 50.6 Å². The normalized spacial score (nSPS) is 16.7. The smallest absolute Gasteiger partial charge is 0.269 e. The van der Waals surface area contributed by atoms with E-state index in [4.69, 9.17) is 4.42 Å². The molecule has 1 saturated heterocycles. The van der Waals surface area contributed by atoms with Gasteiger partial charge in [-0.25, -0.2) is 0 Å². The van der Waals surface area contributed by atoms with Crippen molar-refractivity contribution in [3.05, 3.63) is 64.1 Å². The predicted molar refractivity (Wildman–Crippen MR) is 82.4 cm³/mol. The summed E-state index contributed by atoms with van der Waals surface area (Å²) in [6.07, 6.45) is 1.71. The van der Waals surface area contributed by atoms with Gasteiger partial charge in [0.15, 0.2) is 0 Å². The molecular formula is C16H19N3O3. The number of non-ortho nitro benzene ring substituents is 1. The van der Waals surface area contributed by atoms with Gasteiger partial charge in [0.05, 0.1) is 17.7 Å². The molecule has 0 saturated carbocycles. The zero-order valence-electron chi connectivity index (χ0n) is 12.4. The average Bonchev–Trinajstić information content (AvgIpc) is 3.03. The van der Waals surface area contributed by atoms with E-state index in [1.165, 1.54) is 0 Å². The number of hydrogen-bond donors (Lipinski definition) is 0. The number of rotatable bonds is 5. The van der Waals surface area contributed by atoms with Gasteiger partial charge in [0.2, 0.25) is 0 Å². The molecule has 0 radical (unpaired) electrons. The number of nitrogens with zero attached hydrogens (tertiary/aromatic N) is 3. The number of furan rings is 1. The predicted octanol–water partition coefficient (Wildman–Crippen LogP) is 2.51. The van der Waals surface area contributed by atoms with Gasteiger partial charge in [0, 0.05) is 44.9 Å². The maximum absolute atomic E-state index is 10.7. The van der Waals surface area contributed by atoms with Crippen LogP contribution in [0.4, 0.5) is 5.69 Å². The SMILES string of the molecule is O=[N+]([O-])c1ccc(CN2CCN(Cc3ccco3)CC2)cc1. The summed E-state index contributed by atoms with van der Waals surface area (Å²) >= 11 is 0. The number of nitro groups is 1. The fraction of sp³-hybridized carbons (Fsp3) is 0.375. The highest BCUT2D eigenvalue weighted by Crippen LogP contribution is 2.15. The second-order valence-electron chi connectivity index (χ2n) is 5.56. The lowest BCUT2D eigenvalue weighted by Gasteiger charge is -2.34. The number of benzene rings is 1. The van der Waals surface area contributed by atoms with Crippen LogP contribution in [0, 0.1) is 10.1 Å². The van der Waals surface area contributed by atoms with E-state index >= 15 is 0 Å². The molecule has 3 rings (SSSR count). The van der Waals surface area contributed by atoms with E-state index < -0.39 is 0 Å². The van der Waals surface area contributed by atoms with Gasteiger partial charge < -0.3 is 4.42 Å². The van der Waals surface area contributed by atoms with Gasteiger partial charge in [-0.1, -0.05) is 12.1 Å². The number of piperazine rings is 1. The molecule has 116 valence electrons. The Balaban J connectivity index is 1.48. The lowest BCUT2D eigenvalue weighted by Crippen LogP contribution is -2.45. The zero-order valence-corrected chi connectivity index (χ0v) is 12.4. The first-order valence-corrected chi connectivity index (χ1v) is 7.41. The van der Waals surface area contributed by atoms with E-state index in [1.807, 2.05) is 24.3 Å². The van der Waals surface area contributed by atoms with Crippen LogP contribution in [0.25, 0.3) is 0 Å². The summed E-state index contributed by atoms with van der Waals surface area (Å²) in [4.78, 5) is 15.0. The molecule has 0 spiro atoms. The van der Waals surface area contributed by atoms with Gasteiger partial charge in [-0.2, -0.15) is 0 Å². The van der Waals surface area contributed by atoms with Gasteiger partial charge in [-0.3, -0.25) is 19.9 Å². The van der Waals surface area contributed by atoms with Crippen LogP contribution in [-0.4, -0.2) is 40.9 Å². The van der Waals surface area contributed by atoms with E-state index in [0.29, 0.717) is 0 Å². The molecule has 1 aromatic carbocycles. The summed E-state index contributed by atoms with van der Waals surface area (Å²) in [5, 5.41) is 10.7. The molecule has 2 heterocycles. The third-order valence-electron chi connectivity index (χ3n) is 3.98. The molecule has 0 amide bonds. The van der Waals surface area contributed by atoms with Crippen LogP contribution in [0.1, 0.15) is 11.3 Å². The Morgan fingerprint density at radius 1 is 1.00 bits per heavy atom. The van der Waals surface area contributed by atoms with Crippen molar-refractivity contribution in [1.29, 1.82) is 0 Å². The third-order valence-corrected chi connectivity index (χ3v) is 3.98. The maximum atomic E-state index is 10.7. The Bertz CT molecular complexity index is 602. The molecule has 6 nitrogen and oxygen atoms in total. The topological polar surface area (TPSA) is 62.8 Å². The van der Waals surface area contributed by atoms with Crippen LogP contribution in [0.15, 0.2) is 47.1 Å². The summed E-state index contributed by atoms with van der Waals surface area (Å²) in [7, 11) is 0. The maximum Gasteiger partial charge on any atom is 0.269 e. The second kappa shape index (κ2) is 6.72. The largest absolute Gasteiger partial charge is 0.468 e. The van der Waals surface area contributed by atoms with Crippen molar-refractivity contribution < 1.29 is 9.34 Å². The molecule has 1 aromatic heterocycles. The Morgan fingerprint density at radius 3 is 2.18 bits per heavy atom. The van der Waals surface area contributed by atoms with Crippen molar-refractivity contribution in [2.45, 2.75) is 13.1 Å². The lowest BCUT2D eigenvalue weighted by atomic mass is 10.2. The molecular weight excluding hydrogens is 282 g/mol. The molecule has 0 N–H and O–H groups in total. The first-order chi connectivity index (χ1) is 10.7. The zero-order chi connectivity index (χ0) is 15.4. The Hall–Kier alpha value is -2.18. The molecule has 6 heteroatoms. The summed E-state index contributed by atoms with van der Waals surface area (Å²) in [5.74, 6) is 1.00. The van der Waals surface area contributed by atoms with E-state index in [9.17, 15) is 10.1 Å². The highest BCUT2D eigenvalue weighted by atomic mass is 16.6. The molecule has 1 aliphatic rings. The van der Waals surface area contributed by atoms with Crippen LogP contribution in [-0.2, 0) is 13.1 Å². The molecule has 0 aliphatic carbocycles. The molecule has 0 bridgehead atoms. The monoisotopic (exact) mass is 301 g/mol. The van der Waals surface area contributed by atoms with E-state index in [1.54, 1.807) is 18.4 Å². The standard InChI is InChI=1S/C16H19N3O3/c20-19(21)15-5-3-14(4-6-15)12-17-7-9-18(10-8-17)13-16-2-1-11-22-16/h1-6,11H,7-10,12-13H2. The Morgan fingerprint density at radius 2 is 1.64 bits per heavy atom. The van der Waals surface area contributed by atoms with Crippen molar-refractivity contribution in [1.82, 2.24) is 9.80 Å². The number of nitro benzene ring substituents is 1. The van der Waals surface area contributed by atoms with Crippen LogP contribution >= 0.6 is 0 Å². The van der Waals surface area contributed by atoms with Gasteiger partial charge in [0.25, 0.3) is 5.69 Å². The van der Waals surface area contributed by atoms with Crippen molar-refractivity contribution in [3.63, 3.8) is 0 Å². The van der Waals surface area contributed by atoms with Crippen molar-refractivity contribution in [2.24, 2.45) is 0 Å². The van der Waals surface area contributed by atoms with Crippen molar-refractivity contribution in [3.8, 4) is 0 Å². The molecule has 0 unspecified atom stereocenters. The highest BCUT2D eigenvalue weighted by Gasteiger charge is 2.18. The van der Waals surface area contributed by atoms with Crippen molar-refractivity contribution >= 4 is 5.69 Å². The highest BCUT2D eigenvalue weighted by molar-refractivity contribution is 5.32. The molecule has 0 atom stereocenters. The van der Waals surface area contributed by atoms with Gasteiger partial charge in [-0.05, 0) is 17.7 Å². The Kier molecular flexibility index (Phi) is 4.50. The minimum Gasteiger partial charge on any atom is -0.468 e. The molecule has 22 heavy (non-hydrogen) atoms. The molecule has 1 fully saturated rings. The van der Waals surface area contributed by atoms with Gasteiger partial charge >= 0.3 is 0 Å². The summed E-state index contributed by atoms with van der Waals surface area (Å²) in [5.41, 5.74) is 1.26. The quantitative estimate of drug-likeness (QED) is 0.627. The molecule has 1 aliphatic heterocycles. The van der Waals surface area contributed by atoms with Crippen LogP contribution in [0.3, 0.4) is 0 Å². The summed E-state index contributed by atoms with van der Waals surface area (Å²) < 4.78 is 5.38. The van der Waals surface area contributed by atoms with E-state index in [2.05, 4.69) is 9.80 Å². The minimum absolute atomic E-state index is 0.145. The fourth-order valence-electron chi connectivity index (χ4n) is 2.71. The minimum atomic E-state index is -0.364. The fourth-order valence-corrected chi connectivity index (χ4v) is 2.71. The van der Waals surface area contributed by atoms with Crippen LogP contribution in [0.5, 0.6) is 0 Å².